The molecule has 4 rings (SSSR count). The second-order valence-corrected chi connectivity index (χ2v) is 6.18. The van der Waals surface area contributed by atoms with Gasteiger partial charge in [-0.05, 0) is 6.42 Å². The smallest absolute Gasteiger partial charge is 0.167 e. The predicted octanol–water partition coefficient (Wildman–Crippen LogP) is -1.46. The minimum Gasteiger partial charge on any atom is -0.394 e. The number of nitrogens with one attached hydrogen (secondary N) is 1. The van der Waals surface area contributed by atoms with Crippen molar-refractivity contribution in [2.45, 2.75) is 43.1 Å². The first-order chi connectivity index (χ1) is 12.1. The predicted molar refractivity (Wildman–Crippen MR) is 85.5 cm³/mol. The Kier molecular flexibility index (Phi) is 4.13. The quantitative estimate of drug-likeness (QED) is 0.418. The summed E-state index contributed by atoms with van der Waals surface area (Å²) >= 11 is 0. The molecule has 0 saturated carbocycles. The highest BCUT2D eigenvalue weighted by Crippen LogP contribution is 2.32. The van der Waals surface area contributed by atoms with E-state index in [2.05, 4.69) is 20.3 Å². The maximum absolute atomic E-state index is 10.2. The van der Waals surface area contributed by atoms with Gasteiger partial charge >= 0.3 is 0 Å². The van der Waals surface area contributed by atoms with Crippen molar-refractivity contribution in [2.24, 2.45) is 0 Å². The number of aromatic nitrogens is 4. The van der Waals surface area contributed by atoms with E-state index in [1.54, 1.807) is 0 Å². The van der Waals surface area contributed by atoms with Crippen LogP contribution in [0.25, 0.3) is 11.2 Å². The molecular formula is C15H19N5O5. The summed E-state index contributed by atoms with van der Waals surface area (Å²) in [6.07, 6.45) is 2.34. The maximum Gasteiger partial charge on any atom is 0.167 e. The van der Waals surface area contributed by atoms with Crippen molar-refractivity contribution < 1.29 is 25.2 Å². The summed E-state index contributed by atoms with van der Waals surface area (Å²) in [5.74, 6) is 0.450. The first kappa shape index (κ1) is 16.4. The standard InChI is InChI=1S/C15H19N5O5/c21-4-9-11(23)12(24)15(25-9)20-6-18-10-13(16-5-17-14(10)20)19-7-2-1-3-8(7)22/h1-2,5-9,11-12,15,21-24H,3-4H2,(H,16,17,19)/t7-,8-,9+,11+,12+,15+/m0/s1. The van der Waals surface area contributed by atoms with E-state index in [1.807, 2.05) is 12.2 Å². The summed E-state index contributed by atoms with van der Waals surface area (Å²) in [6, 6.07) is -0.267. The third-order valence-electron chi connectivity index (χ3n) is 4.59. The van der Waals surface area contributed by atoms with Crippen molar-refractivity contribution in [2.75, 3.05) is 11.9 Å². The van der Waals surface area contributed by atoms with E-state index < -0.39 is 37.3 Å². The van der Waals surface area contributed by atoms with Gasteiger partial charge in [-0.15, -0.1) is 0 Å². The zero-order valence-electron chi connectivity index (χ0n) is 13.2. The van der Waals surface area contributed by atoms with E-state index in [-0.39, 0.29) is 6.04 Å². The van der Waals surface area contributed by atoms with Crippen molar-refractivity contribution in [3.8, 4) is 0 Å². The summed E-state index contributed by atoms with van der Waals surface area (Å²) in [7, 11) is 0. The van der Waals surface area contributed by atoms with Crippen molar-refractivity contribution in [3.05, 3.63) is 24.8 Å². The average molecular weight is 349 g/mol. The van der Waals surface area contributed by atoms with E-state index in [4.69, 9.17) is 4.74 Å². The lowest BCUT2D eigenvalue weighted by molar-refractivity contribution is -0.0511. The number of fused-ring (bicyclic) bond motifs is 1. The van der Waals surface area contributed by atoms with Gasteiger partial charge in [0, 0.05) is 0 Å². The van der Waals surface area contributed by atoms with Crippen LogP contribution in [0.2, 0.25) is 0 Å². The van der Waals surface area contributed by atoms with Crippen LogP contribution in [-0.4, -0.2) is 77.0 Å². The van der Waals surface area contributed by atoms with Crippen LogP contribution in [0, 0.1) is 0 Å². The average Bonchev–Trinajstić information content (AvgIpc) is 3.29. The molecule has 0 unspecified atom stereocenters. The highest BCUT2D eigenvalue weighted by atomic mass is 16.6. The number of nitrogens with zero attached hydrogens (tertiary/aromatic N) is 4. The lowest BCUT2D eigenvalue weighted by Crippen LogP contribution is -2.33. The zero-order valence-corrected chi connectivity index (χ0v) is 13.2. The van der Waals surface area contributed by atoms with Gasteiger partial charge in [0.25, 0.3) is 0 Å². The fourth-order valence-electron chi connectivity index (χ4n) is 3.20. The number of hydrogen-bond acceptors (Lipinski definition) is 9. The van der Waals surface area contributed by atoms with Crippen molar-refractivity contribution in [1.82, 2.24) is 19.5 Å². The molecule has 6 atom stereocenters. The van der Waals surface area contributed by atoms with Crippen molar-refractivity contribution in [3.63, 3.8) is 0 Å². The van der Waals surface area contributed by atoms with E-state index in [0.717, 1.165) is 0 Å². The molecule has 0 bridgehead atoms. The lowest BCUT2D eigenvalue weighted by Gasteiger charge is -2.18. The van der Waals surface area contributed by atoms with Crippen LogP contribution in [0.15, 0.2) is 24.8 Å². The number of rotatable bonds is 4. The molecule has 0 aromatic carbocycles. The van der Waals surface area contributed by atoms with Crippen LogP contribution < -0.4 is 5.32 Å². The van der Waals surface area contributed by atoms with Gasteiger partial charge in [-0.3, -0.25) is 4.57 Å². The topological polar surface area (TPSA) is 146 Å². The Morgan fingerprint density at radius 1 is 1.20 bits per heavy atom. The molecule has 5 N–H and O–H groups in total. The Bertz CT molecular complexity index is 796. The molecule has 25 heavy (non-hydrogen) atoms. The fraction of sp³-hybridized carbons (Fsp3) is 0.533. The van der Waals surface area contributed by atoms with Crippen LogP contribution in [0.4, 0.5) is 5.82 Å². The van der Waals surface area contributed by atoms with Gasteiger partial charge in [0.05, 0.1) is 25.1 Å². The van der Waals surface area contributed by atoms with Crippen LogP contribution in [0.3, 0.4) is 0 Å². The summed E-state index contributed by atoms with van der Waals surface area (Å²) in [5.41, 5.74) is 0.858. The Hall–Kier alpha value is -2.11. The molecule has 10 nitrogen and oxygen atoms in total. The van der Waals surface area contributed by atoms with Crippen LogP contribution in [0.1, 0.15) is 12.6 Å². The number of ether oxygens (including phenoxy) is 1. The Morgan fingerprint density at radius 2 is 2.04 bits per heavy atom. The lowest BCUT2D eigenvalue weighted by atomic mass is 10.1. The molecule has 134 valence electrons. The monoisotopic (exact) mass is 349 g/mol. The summed E-state index contributed by atoms with van der Waals surface area (Å²) < 4.78 is 7.01. The molecule has 1 aliphatic carbocycles. The van der Waals surface area contributed by atoms with Gasteiger partial charge in [0.1, 0.15) is 24.6 Å². The van der Waals surface area contributed by atoms with Crippen LogP contribution >= 0.6 is 0 Å². The van der Waals surface area contributed by atoms with Crippen LogP contribution in [-0.2, 0) is 4.74 Å². The second-order valence-electron chi connectivity index (χ2n) is 6.18. The third kappa shape index (κ3) is 2.68. The molecule has 3 heterocycles. The number of hydrogen-bond donors (Lipinski definition) is 5. The van der Waals surface area contributed by atoms with Gasteiger partial charge < -0.3 is 30.5 Å². The Morgan fingerprint density at radius 3 is 2.72 bits per heavy atom. The number of imidazole rings is 1. The van der Waals surface area contributed by atoms with E-state index in [9.17, 15) is 20.4 Å². The first-order valence-electron chi connectivity index (χ1n) is 8.01. The molecule has 2 aliphatic rings. The Balaban J connectivity index is 1.66. The minimum absolute atomic E-state index is 0.267. The molecule has 0 spiro atoms. The molecular weight excluding hydrogens is 330 g/mol. The number of aliphatic hydroxyl groups is 4. The molecule has 1 fully saturated rings. The third-order valence-corrected chi connectivity index (χ3v) is 4.59. The van der Waals surface area contributed by atoms with Crippen molar-refractivity contribution in [1.29, 1.82) is 0 Å². The minimum atomic E-state index is -1.22. The van der Waals surface area contributed by atoms with Gasteiger partial charge in [-0.25, -0.2) is 15.0 Å². The maximum atomic E-state index is 10.2. The van der Waals surface area contributed by atoms with Gasteiger partial charge in [-0.2, -0.15) is 0 Å². The molecule has 1 aliphatic heterocycles. The molecule has 0 radical (unpaired) electrons. The summed E-state index contributed by atoms with van der Waals surface area (Å²) in [6.45, 7) is -0.408. The van der Waals surface area contributed by atoms with Gasteiger partial charge in [0.2, 0.25) is 0 Å². The normalized spacial score (nSPS) is 34.9. The first-order valence-corrected chi connectivity index (χ1v) is 8.01. The molecule has 2 aromatic heterocycles. The molecule has 0 amide bonds. The van der Waals surface area contributed by atoms with Gasteiger partial charge in [0.15, 0.2) is 23.2 Å². The fourth-order valence-corrected chi connectivity index (χ4v) is 3.20. The largest absolute Gasteiger partial charge is 0.394 e. The number of anilines is 1. The summed E-state index contributed by atoms with van der Waals surface area (Å²) in [5, 5.41) is 42.4. The Labute approximate surface area is 142 Å². The van der Waals surface area contributed by atoms with E-state index in [0.29, 0.717) is 23.4 Å². The number of aliphatic hydroxyl groups excluding tert-OH is 4. The van der Waals surface area contributed by atoms with Crippen LogP contribution in [0.5, 0.6) is 0 Å². The van der Waals surface area contributed by atoms with E-state index in [1.165, 1.54) is 17.2 Å². The summed E-state index contributed by atoms with van der Waals surface area (Å²) in [4.78, 5) is 12.6. The zero-order chi connectivity index (χ0) is 17.6. The highest BCUT2D eigenvalue weighted by Gasteiger charge is 2.44. The van der Waals surface area contributed by atoms with Crippen molar-refractivity contribution >= 4 is 17.0 Å². The molecule has 2 aromatic rings. The molecule has 1 saturated heterocycles. The second kappa shape index (κ2) is 6.32. The van der Waals surface area contributed by atoms with E-state index >= 15 is 0 Å². The highest BCUT2D eigenvalue weighted by molar-refractivity contribution is 5.83. The van der Waals surface area contributed by atoms with Gasteiger partial charge in [-0.1, -0.05) is 12.2 Å². The molecule has 10 heteroatoms. The SMILES string of the molecule is OC[C@H]1O[C@@H](n2cnc3c(N[C@H]4C=CC[C@@H]4O)ncnc32)[C@H](O)[C@@H]1O.